The number of aromatic nitrogens is 3. The van der Waals surface area contributed by atoms with Crippen LogP contribution in [0.1, 0.15) is 28.5 Å². The summed E-state index contributed by atoms with van der Waals surface area (Å²) >= 11 is 1.72. The maximum Gasteiger partial charge on any atom is 0.0897 e. The summed E-state index contributed by atoms with van der Waals surface area (Å²) in [6, 6.07) is 12.4. The van der Waals surface area contributed by atoms with E-state index in [0.717, 1.165) is 22.9 Å². The Labute approximate surface area is 128 Å². The average Bonchev–Trinajstić information content (AvgIpc) is 3.15. The molecule has 5 heteroatoms. The van der Waals surface area contributed by atoms with E-state index >= 15 is 0 Å². The summed E-state index contributed by atoms with van der Waals surface area (Å²) in [6.07, 6.45) is 3.80. The molecule has 1 N–H and O–H groups in total. The van der Waals surface area contributed by atoms with Crippen LogP contribution in [0.4, 0.5) is 0 Å². The standard InChI is InChI=1S/C16H18N4S/c1-3-17-16(15-11-18-12(2)21-15)14-9-10-19-20(14)13-7-5-4-6-8-13/h4-11,16-17H,3H2,1-2H3. The minimum Gasteiger partial charge on any atom is -0.305 e. The molecular weight excluding hydrogens is 280 g/mol. The lowest BCUT2D eigenvalue weighted by molar-refractivity contribution is 0.600. The van der Waals surface area contributed by atoms with Crippen LogP contribution in [0.15, 0.2) is 48.8 Å². The number of nitrogens with zero attached hydrogens (tertiary/aromatic N) is 3. The molecule has 1 atom stereocenters. The summed E-state index contributed by atoms with van der Waals surface area (Å²) < 4.78 is 1.99. The topological polar surface area (TPSA) is 42.7 Å². The first-order chi connectivity index (χ1) is 10.3. The van der Waals surface area contributed by atoms with Crippen molar-refractivity contribution in [2.24, 2.45) is 0 Å². The SMILES string of the molecule is CCNC(c1cnc(C)s1)c1ccnn1-c1ccccc1. The highest BCUT2D eigenvalue weighted by Crippen LogP contribution is 2.28. The van der Waals surface area contributed by atoms with Crippen LogP contribution in [0, 0.1) is 6.92 Å². The fourth-order valence-corrected chi connectivity index (χ4v) is 3.26. The quantitative estimate of drug-likeness (QED) is 0.785. The van der Waals surface area contributed by atoms with Crippen LogP contribution < -0.4 is 5.32 Å². The Morgan fingerprint density at radius 1 is 1.24 bits per heavy atom. The smallest absolute Gasteiger partial charge is 0.0897 e. The lowest BCUT2D eigenvalue weighted by Crippen LogP contribution is -2.23. The van der Waals surface area contributed by atoms with E-state index in [4.69, 9.17) is 0 Å². The van der Waals surface area contributed by atoms with E-state index in [1.165, 1.54) is 4.88 Å². The number of rotatable bonds is 5. The Kier molecular flexibility index (Phi) is 4.13. The van der Waals surface area contributed by atoms with Crippen LogP contribution in [-0.4, -0.2) is 21.3 Å². The van der Waals surface area contributed by atoms with Crippen molar-refractivity contribution in [2.75, 3.05) is 6.54 Å². The van der Waals surface area contributed by atoms with E-state index in [1.807, 2.05) is 42.2 Å². The van der Waals surface area contributed by atoms with Gasteiger partial charge in [0, 0.05) is 17.3 Å². The molecule has 0 fully saturated rings. The fourth-order valence-electron chi connectivity index (χ4n) is 2.38. The van der Waals surface area contributed by atoms with Crippen LogP contribution in [-0.2, 0) is 0 Å². The molecule has 2 aromatic heterocycles. The van der Waals surface area contributed by atoms with Gasteiger partial charge in [0.2, 0.25) is 0 Å². The van der Waals surface area contributed by atoms with Gasteiger partial charge in [-0.15, -0.1) is 11.3 Å². The second-order valence-electron chi connectivity index (χ2n) is 4.78. The molecule has 0 aliphatic carbocycles. The Bertz CT molecular complexity index is 702. The van der Waals surface area contributed by atoms with Gasteiger partial charge in [0.25, 0.3) is 0 Å². The third-order valence-corrected chi connectivity index (χ3v) is 4.28. The van der Waals surface area contributed by atoms with Crippen molar-refractivity contribution in [3.05, 3.63) is 64.4 Å². The largest absolute Gasteiger partial charge is 0.305 e. The van der Waals surface area contributed by atoms with Gasteiger partial charge in [0.1, 0.15) is 0 Å². The fraction of sp³-hybridized carbons (Fsp3) is 0.250. The Balaban J connectivity index is 2.03. The number of aryl methyl sites for hydroxylation is 1. The maximum absolute atomic E-state index is 4.48. The van der Waals surface area contributed by atoms with E-state index in [1.54, 1.807) is 11.3 Å². The molecule has 2 heterocycles. The first-order valence-electron chi connectivity index (χ1n) is 7.04. The van der Waals surface area contributed by atoms with Crippen molar-refractivity contribution in [1.82, 2.24) is 20.1 Å². The van der Waals surface area contributed by atoms with Crippen molar-refractivity contribution < 1.29 is 0 Å². The van der Waals surface area contributed by atoms with Gasteiger partial charge in [-0.3, -0.25) is 0 Å². The van der Waals surface area contributed by atoms with E-state index in [-0.39, 0.29) is 6.04 Å². The lowest BCUT2D eigenvalue weighted by Gasteiger charge is -2.18. The molecule has 0 aliphatic rings. The third-order valence-electron chi connectivity index (χ3n) is 3.30. The molecule has 1 aromatic carbocycles. The van der Waals surface area contributed by atoms with Gasteiger partial charge in [0.05, 0.1) is 22.4 Å². The molecule has 3 rings (SSSR count). The Morgan fingerprint density at radius 3 is 2.71 bits per heavy atom. The molecule has 0 amide bonds. The first kappa shape index (κ1) is 14.0. The van der Waals surface area contributed by atoms with Gasteiger partial charge in [-0.25, -0.2) is 9.67 Å². The zero-order valence-electron chi connectivity index (χ0n) is 12.2. The molecule has 0 bridgehead atoms. The molecule has 0 aliphatic heterocycles. The summed E-state index contributed by atoms with van der Waals surface area (Å²) in [6.45, 7) is 5.04. The average molecular weight is 298 g/mol. The zero-order chi connectivity index (χ0) is 14.7. The highest BCUT2D eigenvalue weighted by molar-refractivity contribution is 7.11. The molecule has 0 spiro atoms. The second-order valence-corrected chi connectivity index (χ2v) is 6.04. The van der Waals surface area contributed by atoms with Crippen molar-refractivity contribution in [1.29, 1.82) is 0 Å². The molecule has 0 saturated carbocycles. The van der Waals surface area contributed by atoms with Gasteiger partial charge in [-0.2, -0.15) is 5.10 Å². The zero-order valence-corrected chi connectivity index (χ0v) is 13.0. The predicted molar refractivity (Wildman–Crippen MR) is 85.9 cm³/mol. The van der Waals surface area contributed by atoms with Crippen molar-refractivity contribution in [2.45, 2.75) is 19.9 Å². The normalized spacial score (nSPS) is 12.5. The van der Waals surface area contributed by atoms with Crippen LogP contribution in [0.2, 0.25) is 0 Å². The molecule has 108 valence electrons. The van der Waals surface area contributed by atoms with Crippen LogP contribution in [0.3, 0.4) is 0 Å². The molecule has 0 saturated heterocycles. The van der Waals surface area contributed by atoms with Gasteiger partial charge in [0.15, 0.2) is 0 Å². The van der Waals surface area contributed by atoms with Crippen LogP contribution >= 0.6 is 11.3 Å². The highest BCUT2D eigenvalue weighted by atomic mass is 32.1. The predicted octanol–water partition coefficient (Wildman–Crippen LogP) is 3.34. The third kappa shape index (κ3) is 2.89. The van der Waals surface area contributed by atoms with Crippen molar-refractivity contribution >= 4 is 11.3 Å². The summed E-state index contributed by atoms with van der Waals surface area (Å²) in [5.74, 6) is 0. The Hall–Kier alpha value is -1.98. The number of hydrogen-bond acceptors (Lipinski definition) is 4. The molecule has 1 unspecified atom stereocenters. The monoisotopic (exact) mass is 298 g/mol. The summed E-state index contributed by atoms with van der Waals surface area (Å²) in [5, 5.41) is 9.10. The number of para-hydroxylation sites is 1. The number of thiazole rings is 1. The summed E-state index contributed by atoms with van der Waals surface area (Å²) in [7, 11) is 0. The van der Waals surface area contributed by atoms with Gasteiger partial charge >= 0.3 is 0 Å². The van der Waals surface area contributed by atoms with Gasteiger partial charge < -0.3 is 5.32 Å². The summed E-state index contributed by atoms with van der Waals surface area (Å²) in [4.78, 5) is 5.60. The minimum atomic E-state index is 0.115. The van der Waals surface area contributed by atoms with Crippen molar-refractivity contribution in [3.8, 4) is 5.69 Å². The molecule has 0 radical (unpaired) electrons. The maximum atomic E-state index is 4.48. The van der Waals surface area contributed by atoms with E-state index < -0.39 is 0 Å². The number of hydrogen-bond donors (Lipinski definition) is 1. The van der Waals surface area contributed by atoms with Gasteiger partial charge in [-0.1, -0.05) is 25.1 Å². The molecular formula is C16H18N4S. The van der Waals surface area contributed by atoms with Crippen LogP contribution in [0.25, 0.3) is 5.69 Å². The van der Waals surface area contributed by atoms with E-state index in [9.17, 15) is 0 Å². The molecule has 4 nitrogen and oxygen atoms in total. The Morgan fingerprint density at radius 2 is 2.05 bits per heavy atom. The first-order valence-corrected chi connectivity index (χ1v) is 7.86. The number of benzene rings is 1. The van der Waals surface area contributed by atoms with E-state index in [2.05, 4.69) is 40.5 Å². The van der Waals surface area contributed by atoms with Crippen molar-refractivity contribution in [3.63, 3.8) is 0 Å². The summed E-state index contributed by atoms with van der Waals surface area (Å²) in [5.41, 5.74) is 2.20. The highest BCUT2D eigenvalue weighted by Gasteiger charge is 2.20. The minimum absolute atomic E-state index is 0.115. The van der Waals surface area contributed by atoms with E-state index in [0.29, 0.717) is 0 Å². The lowest BCUT2D eigenvalue weighted by atomic mass is 10.1. The van der Waals surface area contributed by atoms with Crippen LogP contribution in [0.5, 0.6) is 0 Å². The molecule has 3 aromatic rings. The second kappa shape index (κ2) is 6.20. The molecule has 21 heavy (non-hydrogen) atoms. The number of nitrogens with one attached hydrogen (secondary N) is 1. The van der Waals surface area contributed by atoms with Gasteiger partial charge in [-0.05, 0) is 31.7 Å².